The Kier molecular flexibility index (Phi) is 7.32. The van der Waals surface area contributed by atoms with Gasteiger partial charge in [0.2, 0.25) is 0 Å². The summed E-state index contributed by atoms with van der Waals surface area (Å²) in [4.78, 5) is 18.8. The first kappa shape index (κ1) is 27.0. The number of methoxy groups -OCH3 is 1. The summed E-state index contributed by atoms with van der Waals surface area (Å²) in [6.07, 6.45) is -2.42. The van der Waals surface area contributed by atoms with Crippen molar-refractivity contribution in [1.29, 1.82) is 0 Å². The van der Waals surface area contributed by atoms with Crippen molar-refractivity contribution in [2.24, 2.45) is 0 Å². The van der Waals surface area contributed by atoms with Crippen LogP contribution in [0, 0.1) is 6.92 Å². The maximum absolute atomic E-state index is 13.3. The Morgan fingerprint density at radius 1 is 1.16 bits per heavy atom. The summed E-state index contributed by atoms with van der Waals surface area (Å²) in [5.74, 6) is -0.285. The average molecular weight is 518 g/mol. The minimum absolute atomic E-state index is 0.181. The molecule has 1 saturated heterocycles. The van der Waals surface area contributed by atoms with Gasteiger partial charge in [-0.3, -0.25) is 9.80 Å². The van der Waals surface area contributed by atoms with Crippen molar-refractivity contribution in [1.82, 2.24) is 14.8 Å². The summed E-state index contributed by atoms with van der Waals surface area (Å²) in [5, 5.41) is 10.8. The number of halogens is 3. The van der Waals surface area contributed by atoms with Crippen molar-refractivity contribution in [3.05, 3.63) is 64.3 Å². The number of aromatic carboxylic acids is 1. The second kappa shape index (κ2) is 10.0. The van der Waals surface area contributed by atoms with Gasteiger partial charge in [0, 0.05) is 54.9 Å². The van der Waals surface area contributed by atoms with Crippen molar-refractivity contribution < 1.29 is 27.8 Å². The van der Waals surface area contributed by atoms with Gasteiger partial charge in [-0.1, -0.05) is 32.9 Å². The van der Waals surface area contributed by atoms with Crippen LogP contribution in [0.5, 0.6) is 5.75 Å². The molecule has 2 N–H and O–H groups in total. The molecule has 0 saturated carbocycles. The van der Waals surface area contributed by atoms with Gasteiger partial charge in [0.1, 0.15) is 5.75 Å². The number of hydrogen-bond acceptors (Lipinski definition) is 4. The quantitative estimate of drug-likeness (QED) is 0.426. The fourth-order valence-electron chi connectivity index (χ4n) is 5.34. The van der Waals surface area contributed by atoms with E-state index in [2.05, 4.69) is 9.88 Å². The van der Waals surface area contributed by atoms with E-state index >= 15 is 0 Å². The molecule has 1 unspecified atom stereocenters. The first-order valence-corrected chi connectivity index (χ1v) is 12.3. The van der Waals surface area contributed by atoms with E-state index < -0.39 is 24.1 Å². The first-order valence-electron chi connectivity index (χ1n) is 12.3. The van der Waals surface area contributed by atoms with Gasteiger partial charge in [-0.15, -0.1) is 0 Å². The van der Waals surface area contributed by atoms with E-state index in [1.54, 1.807) is 19.2 Å². The molecule has 6 nitrogen and oxygen atoms in total. The highest BCUT2D eigenvalue weighted by molar-refractivity contribution is 5.90. The van der Waals surface area contributed by atoms with Crippen LogP contribution in [-0.2, 0) is 12.0 Å². The van der Waals surface area contributed by atoms with Crippen LogP contribution in [0.3, 0.4) is 0 Å². The molecule has 37 heavy (non-hydrogen) atoms. The number of carboxylic acids is 1. The summed E-state index contributed by atoms with van der Waals surface area (Å²) in [6, 6.07) is 8.79. The van der Waals surface area contributed by atoms with Crippen LogP contribution in [0.15, 0.2) is 36.5 Å². The van der Waals surface area contributed by atoms with Crippen molar-refractivity contribution in [2.75, 3.05) is 33.3 Å². The fraction of sp³-hybridized carbons (Fsp3) is 0.464. The number of H-pyrrole nitrogens is 1. The van der Waals surface area contributed by atoms with Gasteiger partial charge in [-0.05, 0) is 47.2 Å². The highest BCUT2D eigenvalue weighted by Crippen LogP contribution is 2.37. The van der Waals surface area contributed by atoms with E-state index in [0.29, 0.717) is 18.7 Å². The number of rotatable bonds is 6. The summed E-state index contributed by atoms with van der Waals surface area (Å²) < 4.78 is 45.6. The third-order valence-corrected chi connectivity index (χ3v) is 7.14. The number of benzene rings is 2. The monoisotopic (exact) mass is 517 g/mol. The number of nitrogens with zero attached hydrogens (tertiary/aromatic N) is 2. The minimum Gasteiger partial charge on any atom is -0.496 e. The maximum atomic E-state index is 13.3. The van der Waals surface area contributed by atoms with Gasteiger partial charge in [0.15, 0.2) is 0 Å². The molecule has 9 heteroatoms. The standard InChI is InChI=1S/C28H34F3N3O3/c1-17-12-24(37-5)21(19-8-9-32-25(17)19)14-34-11-10-33(16-28(29,30)31)15-23(34)18-6-7-20(26(35)36)22(13-18)27(2,3)4/h6-9,12-13,23,32H,10-11,14-16H2,1-5H3,(H,35,36). The van der Waals surface area contributed by atoms with E-state index in [9.17, 15) is 23.1 Å². The normalized spacial score (nSPS) is 17.9. The molecular formula is C28H34F3N3O3. The van der Waals surface area contributed by atoms with E-state index in [4.69, 9.17) is 4.74 Å². The van der Waals surface area contributed by atoms with E-state index in [1.165, 1.54) is 4.90 Å². The topological polar surface area (TPSA) is 68.8 Å². The molecule has 1 aliphatic rings. The number of ether oxygens (including phenoxy) is 1. The minimum atomic E-state index is -4.30. The second-order valence-electron chi connectivity index (χ2n) is 10.8. The van der Waals surface area contributed by atoms with Crippen LogP contribution in [0.4, 0.5) is 13.2 Å². The average Bonchev–Trinajstić information content (AvgIpc) is 3.30. The Morgan fingerprint density at radius 2 is 1.89 bits per heavy atom. The van der Waals surface area contributed by atoms with Crippen LogP contribution < -0.4 is 4.74 Å². The number of carboxylic acid groups (broad SMARTS) is 1. The lowest BCUT2D eigenvalue weighted by Crippen LogP contribution is -2.50. The Balaban J connectivity index is 1.78. The van der Waals surface area contributed by atoms with Crippen molar-refractivity contribution in [3.8, 4) is 5.75 Å². The largest absolute Gasteiger partial charge is 0.496 e. The van der Waals surface area contributed by atoms with Gasteiger partial charge in [0.25, 0.3) is 0 Å². The Hall–Kier alpha value is -3.04. The zero-order valence-corrected chi connectivity index (χ0v) is 21.9. The molecule has 1 aromatic heterocycles. The molecule has 3 aromatic rings. The molecule has 0 spiro atoms. The number of nitrogens with one attached hydrogen (secondary N) is 1. The molecule has 0 amide bonds. The Bertz CT molecular complexity index is 1290. The van der Waals surface area contributed by atoms with Gasteiger partial charge in [-0.25, -0.2) is 4.79 Å². The second-order valence-corrected chi connectivity index (χ2v) is 10.8. The van der Waals surface area contributed by atoms with Crippen LogP contribution in [0.25, 0.3) is 10.9 Å². The van der Waals surface area contributed by atoms with Crippen LogP contribution in [0.2, 0.25) is 0 Å². The SMILES string of the molecule is COc1cc(C)c2[nH]ccc2c1CN1CCN(CC(F)(F)F)CC1c1ccc(C(=O)O)c(C(C)(C)C)c1. The zero-order valence-electron chi connectivity index (χ0n) is 21.9. The van der Waals surface area contributed by atoms with Crippen LogP contribution >= 0.6 is 0 Å². The smallest absolute Gasteiger partial charge is 0.401 e. The van der Waals surface area contributed by atoms with E-state index in [-0.39, 0.29) is 24.7 Å². The predicted molar refractivity (Wildman–Crippen MR) is 137 cm³/mol. The highest BCUT2D eigenvalue weighted by atomic mass is 19.4. The molecule has 1 atom stereocenters. The number of fused-ring (bicyclic) bond motifs is 1. The third kappa shape index (κ3) is 5.78. The van der Waals surface area contributed by atoms with Gasteiger partial charge in [0.05, 0.1) is 19.2 Å². The lowest BCUT2D eigenvalue weighted by Gasteiger charge is -2.42. The summed E-state index contributed by atoms with van der Waals surface area (Å²) in [5.41, 5.74) is 4.24. The molecule has 200 valence electrons. The van der Waals surface area contributed by atoms with Crippen molar-refractivity contribution in [3.63, 3.8) is 0 Å². The summed E-state index contributed by atoms with van der Waals surface area (Å²) >= 11 is 0. The zero-order chi connectivity index (χ0) is 27.1. The molecule has 2 heterocycles. The molecule has 0 aliphatic carbocycles. The van der Waals surface area contributed by atoms with Crippen molar-refractivity contribution in [2.45, 2.75) is 51.9 Å². The number of aromatic amines is 1. The third-order valence-electron chi connectivity index (χ3n) is 7.14. The Labute approximate surface area is 215 Å². The van der Waals surface area contributed by atoms with Crippen LogP contribution in [-0.4, -0.2) is 65.3 Å². The van der Waals surface area contributed by atoms with Gasteiger partial charge in [-0.2, -0.15) is 13.2 Å². The molecular weight excluding hydrogens is 483 g/mol. The number of carbonyl (C=O) groups is 1. The predicted octanol–water partition coefficient (Wildman–Crippen LogP) is 5.90. The lowest BCUT2D eigenvalue weighted by molar-refractivity contribution is -0.152. The van der Waals surface area contributed by atoms with Gasteiger partial charge >= 0.3 is 12.1 Å². The number of aromatic nitrogens is 1. The molecule has 0 bridgehead atoms. The first-order chi connectivity index (χ1) is 17.3. The number of aryl methyl sites for hydroxylation is 1. The van der Waals surface area contributed by atoms with Gasteiger partial charge < -0.3 is 14.8 Å². The lowest BCUT2D eigenvalue weighted by atomic mass is 9.81. The molecule has 1 fully saturated rings. The molecule has 1 aliphatic heterocycles. The highest BCUT2D eigenvalue weighted by Gasteiger charge is 2.37. The Morgan fingerprint density at radius 3 is 2.51 bits per heavy atom. The van der Waals surface area contributed by atoms with E-state index in [0.717, 1.165) is 33.3 Å². The number of alkyl halides is 3. The number of hydrogen-bond donors (Lipinski definition) is 2. The van der Waals surface area contributed by atoms with Crippen LogP contribution in [0.1, 0.15) is 59.4 Å². The maximum Gasteiger partial charge on any atom is 0.401 e. The summed E-state index contributed by atoms with van der Waals surface area (Å²) in [7, 11) is 1.62. The molecule has 4 rings (SSSR count). The van der Waals surface area contributed by atoms with Crippen molar-refractivity contribution >= 4 is 16.9 Å². The summed E-state index contributed by atoms with van der Waals surface area (Å²) in [6.45, 7) is 8.20. The molecule has 2 aromatic carbocycles. The molecule has 0 radical (unpaired) electrons. The number of piperazine rings is 1. The van der Waals surface area contributed by atoms with E-state index in [1.807, 2.05) is 52.1 Å². The fourth-order valence-corrected chi connectivity index (χ4v) is 5.34.